The van der Waals surface area contributed by atoms with E-state index in [2.05, 4.69) is 25.0 Å². The zero-order valence-electron chi connectivity index (χ0n) is 13.8. The average Bonchev–Trinajstić information content (AvgIpc) is 3.23. The summed E-state index contributed by atoms with van der Waals surface area (Å²) in [5, 5.41) is 7.04. The van der Waals surface area contributed by atoms with Crippen LogP contribution in [0.15, 0.2) is 43.1 Å². The fourth-order valence-electron chi connectivity index (χ4n) is 2.51. The molecule has 0 unspecified atom stereocenters. The molecule has 0 aromatic carbocycles. The van der Waals surface area contributed by atoms with Gasteiger partial charge in [-0.25, -0.2) is 4.98 Å². The average molecular weight is 324 g/mol. The lowest BCUT2D eigenvalue weighted by atomic mass is 10.2. The zero-order valence-corrected chi connectivity index (χ0v) is 13.8. The molecule has 1 N–H and O–H groups in total. The van der Waals surface area contributed by atoms with Crippen molar-refractivity contribution in [2.24, 2.45) is 0 Å². The Kier molecular flexibility index (Phi) is 4.69. The van der Waals surface area contributed by atoms with Crippen molar-refractivity contribution in [1.29, 1.82) is 0 Å². The number of imidazole rings is 1. The topological polar surface area (TPSA) is 77.6 Å². The SMILES string of the molecule is CCn1cc(C(=O)NCCn2c(C)cnc2-c2ccncc2)cn1. The molecule has 0 spiro atoms. The maximum atomic E-state index is 12.1. The Morgan fingerprint density at radius 1 is 1.25 bits per heavy atom. The molecular formula is C17H20N6O. The number of aromatic nitrogens is 5. The molecule has 0 aliphatic heterocycles. The van der Waals surface area contributed by atoms with E-state index in [1.54, 1.807) is 29.5 Å². The van der Waals surface area contributed by atoms with Gasteiger partial charge in [-0.3, -0.25) is 14.5 Å². The first-order valence-corrected chi connectivity index (χ1v) is 7.92. The molecule has 7 heteroatoms. The number of pyridine rings is 1. The van der Waals surface area contributed by atoms with Gasteiger partial charge < -0.3 is 9.88 Å². The Labute approximate surface area is 140 Å². The molecule has 0 radical (unpaired) electrons. The number of hydrogen-bond donors (Lipinski definition) is 1. The predicted molar refractivity (Wildman–Crippen MR) is 90.4 cm³/mol. The Hall–Kier alpha value is -2.96. The van der Waals surface area contributed by atoms with Crippen LogP contribution in [0.1, 0.15) is 23.0 Å². The summed E-state index contributed by atoms with van der Waals surface area (Å²) in [6, 6.07) is 3.85. The largest absolute Gasteiger partial charge is 0.350 e. The molecule has 0 bridgehead atoms. The lowest BCUT2D eigenvalue weighted by Crippen LogP contribution is -2.27. The molecule has 3 aromatic rings. The van der Waals surface area contributed by atoms with Crippen LogP contribution in [0.3, 0.4) is 0 Å². The van der Waals surface area contributed by atoms with Crippen LogP contribution in [0, 0.1) is 6.92 Å². The van der Waals surface area contributed by atoms with Crippen LogP contribution in [0.25, 0.3) is 11.4 Å². The van der Waals surface area contributed by atoms with Gasteiger partial charge in [0.1, 0.15) is 5.82 Å². The van der Waals surface area contributed by atoms with Crippen LogP contribution in [0.5, 0.6) is 0 Å². The maximum absolute atomic E-state index is 12.1. The van der Waals surface area contributed by atoms with Gasteiger partial charge in [-0.05, 0) is 26.0 Å². The van der Waals surface area contributed by atoms with Gasteiger partial charge in [-0.2, -0.15) is 5.10 Å². The van der Waals surface area contributed by atoms with E-state index in [9.17, 15) is 4.79 Å². The summed E-state index contributed by atoms with van der Waals surface area (Å²) in [7, 11) is 0. The molecule has 0 aliphatic rings. The number of nitrogens with zero attached hydrogens (tertiary/aromatic N) is 5. The van der Waals surface area contributed by atoms with Crippen LogP contribution in [-0.2, 0) is 13.1 Å². The van der Waals surface area contributed by atoms with Gasteiger partial charge in [0.15, 0.2) is 0 Å². The lowest BCUT2D eigenvalue weighted by Gasteiger charge is -2.11. The Morgan fingerprint density at radius 3 is 2.75 bits per heavy atom. The molecule has 0 saturated carbocycles. The predicted octanol–water partition coefficient (Wildman–Crippen LogP) is 1.90. The van der Waals surface area contributed by atoms with Crippen molar-refractivity contribution in [2.45, 2.75) is 26.9 Å². The summed E-state index contributed by atoms with van der Waals surface area (Å²) in [5.74, 6) is 0.765. The van der Waals surface area contributed by atoms with E-state index < -0.39 is 0 Å². The molecule has 3 aromatic heterocycles. The first-order chi connectivity index (χ1) is 11.7. The minimum absolute atomic E-state index is 0.113. The summed E-state index contributed by atoms with van der Waals surface area (Å²) in [6.45, 7) is 5.90. The Bertz CT molecular complexity index is 821. The van der Waals surface area contributed by atoms with Crippen molar-refractivity contribution in [2.75, 3.05) is 6.54 Å². The van der Waals surface area contributed by atoms with Gasteiger partial charge in [0.2, 0.25) is 0 Å². The third-order valence-corrected chi connectivity index (χ3v) is 3.83. The number of aryl methyl sites for hydroxylation is 2. The van der Waals surface area contributed by atoms with Gasteiger partial charge in [0.25, 0.3) is 5.91 Å². The second-order valence-corrected chi connectivity index (χ2v) is 5.45. The van der Waals surface area contributed by atoms with Crippen LogP contribution in [0.4, 0.5) is 0 Å². The zero-order chi connectivity index (χ0) is 16.9. The van der Waals surface area contributed by atoms with Gasteiger partial charge in [0, 0.05) is 55.7 Å². The van der Waals surface area contributed by atoms with E-state index in [0.29, 0.717) is 18.7 Å². The van der Waals surface area contributed by atoms with Crippen molar-refractivity contribution >= 4 is 5.91 Å². The highest BCUT2D eigenvalue weighted by molar-refractivity contribution is 5.93. The van der Waals surface area contributed by atoms with E-state index in [0.717, 1.165) is 23.6 Å². The fraction of sp³-hybridized carbons (Fsp3) is 0.294. The minimum atomic E-state index is -0.113. The molecular weight excluding hydrogens is 304 g/mol. The van der Waals surface area contributed by atoms with Crippen molar-refractivity contribution < 1.29 is 4.79 Å². The first kappa shape index (κ1) is 15.9. The van der Waals surface area contributed by atoms with Crippen LogP contribution in [-0.4, -0.2) is 36.8 Å². The van der Waals surface area contributed by atoms with Crippen molar-refractivity contribution in [3.63, 3.8) is 0 Å². The van der Waals surface area contributed by atoms with Crippen molar-refractivity contribution in [3.8, 4) is 11.4 Å². The number of nitrogens with one attached hydrogen (secondary N) is 1. The quantitative estimate of drug-likeness (QED) is 0.751. The highest BCUT2D eigenvalue weighted by atomic mass is 16.1. The number of carbonyl (C=O) groups excluding carboxylic acids is 1. The molecule has 3 rings (SSSR count). The normalized spacial score (nSPS) is 10.8. The fourth-order valence-corrected chi connectivity index (χ4v) is 2.51. The molecule has 0 atom stereocenters. The van der Waals surface area contributed by atoms with E-state index in [-0.39, 0.29) is 5.91 Å². The van der Waals surface area contributed by atoms with E-state index >= 15 is 0 Å². The van der Waals surface area contributed by atoms with Crippen LogP contribution < -0.4 is 5.32 Å². The minimum Gasteiger partial charge on any atom is -0.350 e. The molecule has 3 heterocycles. The number of hydrogen-bond acceptors (Lipinski definition) is 4. The highest BCUT2D eigenvalue weighted by Gasteiger charge is 2.11. The molecule has 0 saturated heterocycles. The third-order valence-electron chi connectivity index (χ3n) is 3.83. The summed E-state index contributed by atoms with van der Waals surface area (Å²) in [5.41, 5.74) is 2.64. The summed E-state index contributed by atoms with van der Waals surface area (Å²) >= 11 is 0. The van der Waals surface area contributed by atoms with Crippen molar-refractivity contribution in [3.05, 3.63) is 54.4 Å². The molecule has 124 valence electrons. The van der Waals surface area contributed by atoms with Crippen LogP contribution in [0.2, 0.25) is 0 Å². The molecule has 24 heavy (non-hydrogen) atoms. The number of rotatable bonds is 6. The Balaban J connectivity index is 1.65. The smallest absolute Gasteiger partial charge is 0.254 e. The maximum Gasteiger partial charge on any atom is 0.254 e. The van der Waals surface area contributed by atoms with Gasteiger partial charge in [-0.1, -0.05) is 0 Å². The summed E-state index contributed by atoms with van der Waals surface area (Å²) in [6.07, 6.45) is 8.67. The van der Waals surface area contributed by atoms with Gasteiger partial charge >= 0.3 is 0 Å². The standard InChI is InChI=1S/C17H20N6O/c1-3-22-12-15(11-21-22)17(24)19-8-9-23-13(2)10-20-16(23)14-4-6-18-7-5-14/h4-7,10-12H,3,8-9H2,1-2H3,(H,19,24). The van der Waals surface area contributed by atoms with Gasteiger partial charge in [-0.15, -0.1) is 0 Å². The molecule has 7 nitrogen and oxygen atoms in total. The first-order valence-electron chi connectivity index (χ1n) is 7.92. The number of carbonyl (C=O) groups is 1. The Morgan fingerprint density at radius 2 is 2.04 bits per heavy atom. The molecule has 0 fully saturated rings. The number of amides is 1. The lowest BCUT2D eigenvalue weighted by molar-refractivity contribution is 0.0952. The van der Waals surface area contributed by atoms with E-state index in [1.165, 1.54) is 0 Å². The van der Waals surface area contributed by atoms with Crippen molar-refractivity contribution in [1.82, 2.24) is 29.6 Å². The van der Waals surface area contributed by atoms with E-state index in [4.69, 9.17) is 0 Å². The second kappa shape index (κ2) is 7.08. The van der Waals surface area contributed by atoms with Crippen LogP contribution >= 0.6 is 0 Å². The third kappa shape index (κ3) is 3.34. The molecule has 0 aliphatic carbocycles. The summed E-state index contributed by atoms with van der Waals surface area (Å²) in [4.78, 5) is 20.6. The summed E-state index contributed by atoms with van der Waals surface area (Å²) < 4.78 is 3.82. The molecule has 1 amide bonds. The second-order valence-electron chi connectivity index (χ2n) is 5.45. The monoisotopic (exact) mass is 324 g/mol. The van der Waals surface area contributed by atoms with E-state index in [1.807, 2.05) is 32.2 Å². The highest BCUT2D eigenvalue weighted by Crippen LogP contribution is 2.18. The van der Waals surface area contributed by atoms with Gasteiger partial charge in [0.05, 0.1) is 11.8 Å².